The van der Waals surface area contributed by atoms with Crippen molar-refractivity contribution in [2.45, 2.75) is 123 Å². The zero-order valence-corrected chi connectivity index (χ0v) is 28.7. The van der Waals surface area contributed by atoms with Crippen LogP contribution in [0.25, 0.3) is 11.0 Å². The minimum absolute atomic E-state index is 0.0744. The van der Waals surface area contributed by atoms with Gasteiger partial charge < -0.3 is 29.5 Å². The number of alkyl carbamates (subject to hydrolysis) is 1. The number of aryl methyl sites for hydroxylation is 1. The molecule has 2 N–H and O–H groups in total. The van der Waals surface area contributed by atoms with E-state index in [1.807, 2.05) is 27.7 Å². The summed E-state index contributed by atoms with van der Waals surface area (Å²) in [5.41, 5.74) is 0.395. The molecule has 2 aliphatic heterocycles. The number of hydrogen-bond donors (Lipinski definition) is 2. The van der Waals surface area contributed by atoms with E-state index in [-0.39, 0.29) is 18.4 Å². The Bertz CT molecular complexity index is 1530. The van der Waals surface area contributed by atoms with Crippen LogP contribution in [-0.4, -0.2) is 74.4 Å². The van der Waals surface area contributed by atoms with E-state index in [2.05, 4.69) is 5.32 Å². The maximum atomic E-state index is 14.5. The van der Waals surface area contributed by atoms with Gasteiger partial charge in [0.25, 0.3) is 0 Å². The first-order valence-corrected chi connectivity index (χ1v) is 17.3. The van der Waals surface area contributed by atoms with Gasteiger partial charge in [0.1, 0.15) is 41.3 Å². The number of fused-ring (bicyclic) bond motifs is 7. The Morgan fingerprint density at radius 1 is 0.979 bits per heavy atom. The predicted molar refractivity (Wildman–Crippen MR) is 175 cm³/mol. The molecule has 0 unspecified atom stereocenters. The first-order chi connectivity index (χ1) is 22.1. The highest BCUT2D eigenvalue weighted by Crippen LogP contribution is 2.57. The Morgan fingerprint density at radius 2 is 1.74 bits per heavy atom. The number of hydrogen-bond acceptors (Lipinski definition) is 9. The zero-order valence-electron chi connectivity index (χ0n) is 28.7. The molecule has 0 radical (unpaired) electrons. The van der Waals surface area contributed by atoms with Crippen molar-refractivity contribution in [3.8, 4) is 11.6 Å². The fourth-order valence-electron chi connectivity index (χ4n) is 7.80. The highest BCUT2D eigenvalue weighted by molar-refractivity contribution is 5.91. The van der Waals surface area contributed by atoms with Crippen molar-refractivity contribution in [2.75, 3.05) is 6.54 Å². The molecule has 47 heavy (non-hydrogen) atoms. The predicted octanol–water partition coefficient (Wildman–Crippen LogP) is 5.55. The lowest BCUT2D eigenvalue weighted by molar-refractivity contribution is -0.165. The molecule has 2 aromatic rings. The third kappa shape index (κ3) is 7.14. The number of phenols is 1. The summed E-state index contributed by atoms with van der Waals surface area (Å²) in [6, 6.07) is 2.97. The van der Waals surface area contributed by atoms with Crippen molar-refractivity contribution in [1.29, 1.82) is 0 Å². The van der Waals surface area contributed by atoms with Gasteiger partial charge in [0.05, 0.1) is 17.6 Å². The van der Waals surface area contributed by atoms with Crippen molar-refractivity contribution in [3.63, 3.8) is 0 Å². The summed E-state index contributed by atoms with van der Waals surface area (Å²) >= 11 is 0. The highest BCUT2D eigenvalue weighted by atomic mass is 16.6. The number of benzene rings is 1. The normalized spacial score (nSPS) is 31.8. The van der Waals surface area contributed by atoms with Crippen LogP contribution in [0.15, 0.2) is 18.2 Å². The van der Waals surface area contributed by atoms with Gasteiger partial charge in [0, 0.05) is 12.0 Å². The molecule has 0 spiro atoms. The van der Waals surface area contributed by atoms with Crippen LogP contribution in [0, 0.1) is 29.1 Å². The van der Waals surface area contributed by atoms with Crippen LogP contribution in [0.5, 0.6) is 11.6 Å². The second-order valence-electron chi connectivity index (χ2n) is 16.2. The van der Waals surface area contributed by atoms with E-state index in [1.165, 1.54) is 11.3 Å². The second-order valence-corrected chi connectivity index (χ2v) is 16.2. The molecule has 3 fully saturated rings. The third-order valence-electron chi connectivity index (χ3n) is 10.3. The van der Waals surface area contributed by atoms with Gasteiger partial charge in [-0.15, -0.1) is 0 Å². The molecule has 4 aliphatic rings. The summed E-state index contributed by atoms with van der Waals surface area (Å²) in [5, 5.41) is 13.1. The van der Waals surface area contributed by atoms with E-state index in [4.69, 9.17) is 24.2 Å². The van der Waals surface area contributed by atoms with E-state index >= 15 is 0 Å². The molecule has 1 aromatic carbocycles. The van der Waals surface area contributed by atoms with Gasteiger partial charge in [-0.2, -0.15) is 0 Å². The van der Waals surface area contributed by atoms with Crippen LogP contribution in [0.4, 0.5) is 4.79 Å². The first-order valence-electron chi connectivity index (χ1n) is 17.3. The van der Waals surface area contributed by atoms with E-state index in [0.717, 1.165) is 32.1 Å². The van der Waals surface area contributed by atoms with Gasteiger partial charge in [-0.1, -0.05) is 40.5 Å². The van der Waals surface area contributed by atoms with Crippen LogP contribution >= 0.6 is 0 Å². The maximum Gasteiger partial charge on any atom is 0.408 e. The monoisotopic (exact) mass is 650 g/mol. The molecule has 2 bridgehead atoms. The van der Waals surface area contributed by atoms with E-state index < -0.39 is 53.1 Å². The van der Waals surface area contributed by atoms with Gasteiger partial charge in [0.2, 0.25) is 11.8 Å². The minimum Gasteiger partial charge on any atom is -0.508 e. The topological polar surface area (TPSA) is 140 Å². The molecule has 8 atom stereocenters. The van der Waals surface area contributed by atoms with E-state index in [0.29, 0.717) is 46.8 Å². The van der Waals surface area contributed by atoms with Crippen molar-refractivity contribution < 1.29 is 33.7 Å². The number of ether oxygens (including phenoxy) is 3. The SMILES string of the molecule is C[C@@H]1[C@@H]2CN(C(=O)[C@H](C(C)(C)C)NC(=O)O[C@@H]3C[C@@H]4C[C@@H]4[C@H]3CCCCCc3nc4ccc(O)cc4nc3O2)[C@@H]1C(=O)OC(C)(C)C. The first kappa shape index (κ1) is 33.3. The molecular weight excluding hydrogens is 600 g/mol. The Balaban J connectivity index is 1.38. The minimum atomic E-state index is -0.960. The second kappa shape index (κ2) is 12.4. The lowest BCUT2D eigenvalue weighted by Gasteiger charge is -2.36. The Morgan fingerprint density at radius 3 is 2.47 bits per heavy atom. The Kier molecular flexibility index (Phi) is 8.80. The Labute approximate surface area is 277 Å². The number of nitrogens with zero attached hydrogens (tertiary/aromatic N) is 3. The van der Waals surface area contributed by atoms with E-state index in [9.17, 15) is 19.5 Å². The number of aromatic nitrogens is 2. The molecule has 11 heteroatoms. The number of nitrogens with one attached hydrogen (secondary N) is 1. The summed E-state index contributed by atoms with van der Waals surface area (Å²) < 4.78 is 18.5. The fourth-order valence-corrected chi connectivity index (χ4v) is 7.80. The van der Waals surface area contributed by atoms with Gasteiger partial charge in [-0.25, -0.2) is 19.6 Å². The molecule has 2 aliphatic carbocycles. The van der Waals surface area contributed by atoms with Crippen LogP contribution < -0.4 is 10.1 Å². The zero-order chi connectivity index (χ0) is 33.8. The summed E-state index contributed by atoms with van der Waals surface area (Å²) in [6.07, 6.45) is 5.18. The van der Waals surface area contributed by atoms with E-state index in [1.54, 1.807) is 39.0 Å². The maximum absolute atomic E-state index is 14.5. The number of amides is 2. The fraction of sp³-hybridized carbons (Fsp3) is 0.694. The standard InChI is InChI=1S/C36H50N4O7/c1-19-28-18-40(29(19)33(43)47-36(5,6)7)32(42)30(35(2,3)4)39-34(44)46-27-16-20-15-23(20)22(27)11-9-8-10-12-25-31(45-28)38-26-17-21(41)13-14-24(26)37-25/h13-14,17,19-20,22-23,27-30,41H,8-12,15-16,18H2,1-7H3,(H,39,44)/t19-,20+,22-,23+,27-,28+,29+,30-/m1/s1. The van der Waals surface area contributed by atoms with Crippen LogP contribution in [0.2, 0.25) is 0 Å². The molecular formula is C36H50N4O7. The van der Waals surface area contributed by atoms with Crippen molar-refractivity contribution >= 4 is 29.0 Å². The van der Waals surface area contributed by atoms with Gasteiger partial charge in [0.15, 0.2) is 0 Å². The van der Waals surface area contributed by atoms with Gasteiger partial charge in [-0.3, -0.25) is 4.79 Å². The van der Waals surface area contributed by atoms with Gasteiger partial charge >= 0.3 is 12.1 Å². The lowest BCUT2D eigenvalue weighted by atomic mass is 9.85. The molecule has 3 heterocycles. The smallest absolute Gasteiger partial charge is 0.408 e. The number of rotatable bonds is 1. The number of carbonyl (C=O) groups is 3. The highest BCUT2D eigenvalue weighted by Gasteiger charge is 2.55. The summed E-state index contributed by atoms with van der Waals surface area (Å²) in [4.78, 5) is 52.9. The molecule has 256 valence electrons. The average molecular weight is 651 g/mol. The van der Waals surface area contributed by atoms with Crippen LogP contribution in [-0.2, 0) is 25.5 Å². The molecule has 2 amide bonds. The largest absolute Gasteiger partial charge is 0.508 e. The summed E-state index contributed by atoms with van der Waals surface area (Å²) in [7, 11) is 0. The quantitative estimate of drug-likeness (QED) is 0.380. The molecule has 11 nitrogen and oxygen atoms in total. The number of phenolic OH excluding ortho intramolecular Hbond substituents is 1. The van der Waals surface area contributed by atoms with Crippen molar-refractivity contribution in [2.24, 2.45) is 29.1 Å². The lowest BCUT2D eigenvalue weighted by Crippen LogP contribution is -2.58. The average Bonchev–Trinajstić information content (AvgIpc) is 3.53. The number of esters is 1. The van der Waals surface area contributed by atoms with Gasteiger partial charge in [-0.05, 0) is 88.2 Å². The van der Waals surface area contributed by atoms with Crippen LogP contribution in [0.1, 0.15) is 92.7 Å². The van der Waals surface area contributed by atoms with Crippen LogP contribution in [0.3, 0.4) is 0 Å². The molecule has 1 saturated heterocycles. The van der Waals surface area contributed by atoms with Crippen molar-refractivity contribution in [1.82, 2.24) is 20.2 Å². The third-order valence-corrected chi connectivity index (χ3v) is 10.3. The number of aromatic hydroxyl groups is 1. The summed E-state index contributed by atoms with van der Waals surface area (Å²) in [6.45, 7) is 13.0. The van der Waals surface area contributed by atoms with Crippen molar-refractivity contribution in [3.05, 3.63) is 23.9 Å². The molecule has 6 rings (SSSR count). The molecule has 2 saturated carbocycles. The number of carbonyl (C=O) groups excluding carboxylic acids is 3. The molecule has 1 aromatic heterocycles. The Hall–Kier alpha value is -3.63. The summed E-state index contributed by atoms with van der Waals surface area (Å²) in [5.74, 6) is 0.532.